The number of carbonyl (C=O) groups excluding carboxylic acids is 1. The van der Waals surface area contributed by atoms with Gasteiger partial charge in [-0.1, -0.05) is 24.4 Å². The van der Waals surface area contributed by atoms with Crippen LogP contribution in [0.5, 0.6) is 5.75 Å². The number of nitrogens with one attached hydrogen (secondary N) is 1. The van der Waals surface area contributed by atoms with Crippen molar-refractivity contribution in [1.29, 1.82) is 0 Å². The molecule has 0 aromatic heterocycles. The van der Waals surface area contributed by atoms with Gasteiger partial charge in [-0.25, -0.2) is 0 Å². The van der Waals surface area contributed by atoms with Crippen molar-refractivity contribution < 1.29 is 14.6 Å². The molecule has 4 nitrogen and oxygen atoms in total. The Bertz CT molecular complexity index is 455. The van der Waals surface area contributed by atoms with Crippen molar-refractivity contribution in [1.82, 2.24) is 5.32 Å². The lowest BCUT2D eigenvalue weighted by molar-refractivity contribution is -0.128. The standard InChI is InChI=1S/C15H20ClNO3/c1-11(20-13-6-4-12(16)5-7-13)14(18)17-10-15(19)8-2-3-9-15/h4-7,11,19H,2-3,8-10H2,1H3,(H,17,18). The third kappa shape index (κ3) is 4.12. The molecular weight excluding hydrogens is 278 g/mol. The van der Waals surface area contributed by atoms with Gasteiger partial charge in [0.1, 0.15) is 5.75 Å². The number of benzene rings is 1. The smallest absolute Gasteiger partial charge is 0.260 e. The minimum Gasteiger partial charge on any atom is -0.481 e. The minimum absolute atomic E-state index is 0.222. The molecule has 0 heterocycles. The van der Waals surface area contributed by atoms with Crippen molar-refractivity contribution in [3.8, 4) is 5.75 Å². The summed E-state index contributed by atoms with van der Waals surface area (Å²) in [6.45, 7) is 1.97. The van der Waals surface area contributed by atoms with Crippen molar-refractivity contribution in [2.45, 2.75) is 44.3 Å². The van der Waals surface area contributed by atoms with E-state index in [2.05, 4.69) is 5.32 Å². The molecule has 0 aliphatic heterocycles. The number of aliphatic hydroxyl groups is 1. The number of hydrogen-bond acceptors (Lipinski definition) is 3. The molecule has 110 valence electrons. The Morgan fingerprint density at radius 1 is 1.40 bits per heavy atom. The number of hydrogen-bond donors (Lipinski definition) is 2. The van der Waals surface area contributed by atoms with Crippen LogP contribution in [-0.2, 0) is 4.79 Å². The molecule has 1 fully saturated rings. The molecule has 0 radical (unpaired) electrons. The topological polar surface area (TPSA) is 58.6 Å². The lowest BCUT2D eigenvalue weighted by atomic mass is 10.0. The van der Waals surface area contributed by atoms with E-state index in [1.165, 1.54) is 0 Å². The van der Waals surface area contributed by atoms with Gasteiger partial charge < -0.3 is 15.2 Å². The summed E-state index contributed by atoms with van der Waals surface area (Å²) in [5.41, 5.74) is -0.740. The fraction of sp³-hybridized carbons (Fsp3) is 0.533. The SMILES string of the molecule is CC(Oc1ccc(Cl)cc1)C(=O)NCC1(O)CCCC1. The van der Waals surface area contributed by atoms with Gasteiger partial charge in [-0.05, 0) is 44.0 Å². The fourth-order valence-electron chi connectivity index (χ4n) is 2.38. The molecule has 1 aromatic rings. The summed E-state index contributed by atoms with van der Waals surface area (Å²) in [6, 6.07) is 6.86. The first-order chi connectivity index (χ1) is 9.48. The molecule has 20 heavy (non-hydrogen) atoms. The van der Waals surface area contributed by atoms with E-state index < -0.39 is 11.7 Å². The van der Waals surface area contributed by atoms with E-state index in [0.29, 0.717) is 17.3 Å². The Labute approximate surface area is 124 Å². The monoisotopic (exact) mass is 297 g/mol. The summed E-state index contributed by atoms with van der Waals surface area (Å²) >= 11 is 5.79. The van der Waals surface area contributed by atoms with Crippen LogP contribution in [-0.4, -0.2) is 29.3 Å². The van der Waals surface area contributed by atoms with E-state index in [-0.39, 0.29) is 5.91 Å². The molecule has 0 spiro atoms. The van der Waals surface area contributed by atoms with Gasteiger partial charge >= 0.3 is 0 Å². The first-order valence-corrected chi connectivity index (χ1v) is 7.29. The quantitative estimate of drug-likeness (QED) is 0.878. The second-order valence-corrected chi connectivity index (χ2v) is 5.80. The third-order valence-corrected chi connectivity index (χ3v) is 3.87. The van der Waals surface area contributed by atoms with Gasteiger partial charge in [-0.15, -0.1) is 0 Å². The molecular formula is C15H20ClNO3. The van der Waals surface area contributed by atoms with Crippen LogP contribution in [0.4, 0.5) is 0 Å². The molecule has 0 saturated heterocycles. The fourth-order valence-corrected chi connectivity index (χ4v) is 2.50. The summed E-state index contributed by atoms with van der Waals surface area (Å²) in [5.74, 6) is 0.372. The maximum atomic E-state index is 11.9. The van der Waals surface area contributed by atoms with E-state index in [1.54, 1.807) is 31.2 Å². The lowest BCUT2D eigenvalue weighted by Crippen LogP contribution is -2.45. The average molecular weight is 298 g/mol. The first kappa shape index (κ1) is 15.1. The number of ether oxygens (including phenoxy) is 1. The van der Waals surface area contributed by atoms with Gasteiger partial charge in [0.25, 0.3) is 5.91 Å². The number of amides is 1. The molecule has 1 aromatic carbocycles. The Hall–Kier alpha value is -1.26. The zero-order chi connectivity index (χ0) is 14.6. The second kappa shape index (κ2) is 6.46. The molecule has 5 heteroatoms. The van der Waals surface area contributed by atoms with Crippen LogP contribution in [0.2, 0.25) is 5.02 Å². The summed E-state index contributed by atoms with van der Waals surface area (Å²) < 4.78 is 5.53. The van der Waals surface area contributed by atoms with E-state index >= 15 is 0 Å². The molecule has 1 atom stereocenters. The van der Waals surface area contributed by atoms with Crippen LogP contribution in [0.25, 0.3) is 0 Å². The molecule has 1 saturated carbocycles. The van der Waals surface area contributed by atoms with Crippen molar-refractivity contribution in [3.05, 3.63) is 29.3 Å². The summed E-state index contributed by atoms with van der Waals surface area (Å²) in [4.78, 5) is 11.9. The van der Waals surface area contributed by atoms with Crippen molar-refractivity contribution in [2.75, 3.05) is 6.54 Å². The Kier molecular flexibility index (Phi) is 4.89. The predicted octanol–water partition coefficient (Wildman–Crippen LogP) is 2.53. The van der Waals surface area contributed by atoms with Crippen LogP contribution < -0.4 is 10.1 Å². The number of carbonyl (C=O) groups is 1. The average Bonchev–Trinajstić information content (AvgIpc) is 2.86. The predicted molar refractivity (Wildman–Crippen MR) is 78.0 cm³/mol. The summed E-state index contributed by atoms with van der Waals surface area (Å²) in [6.07, 6.45) is 2.92. The number of halogens is 1. The Morgan fingerprint density at radius 2 is 2.00 bits per heavy atom. The lowest BCUT2D eigenvalue weighted by Gasteiger charge is -2.23. The van der Waals surface area contributed by atoms with Crippen molar-refractivity contribution in [3.63, 3.8) is 0 Å². The van der Waals surface area contributed by atoms with E-state index in [9.17, 15) is 9.90 Å². The molecule has 2 rings (SSSR count). The maximum Gasteiger partial charge on any atom is 0.260 e. The first-order valence-electron chi connectivity index (χ1n) is 6.91. The highest BCUT2D eigenvalue weighted by molar-refractivity contribution is 6.30. The number of rotatable bonds is 5. The molecule has 1 aliphatic rings. The van der Waals surface area contributed by atoms with Gasteiger partial charge in [-0.2, -0.15) is 0 Å². The maximum absolute atomic E-state index is 11.9. The highest BCUT2D eigenvalue weighted by Gasteiger charge is 2.31. The summed E-state index contributed by atoms with van der Waals surface area (Å²) in [5, 5.41) is 13.6. The zero-order valence-corrected chi connectivity index (χ0v) is 12.3. The van der Waals surface area contributed by atoms with Gasteiger partial charge in [-0.3, -0.25) is 4.79 Å². The normalized spacial score (nSPS) is 18.6. The van der Waals surface area contributed by atoms with Crippen LogP contribution in [0.3, 0.4) is 0 Å². The van der Waals surface area contributed by atoms with E-state index in [1.807, 2.05) is 0 Å². The highest BCUT2D eigenvalue weighted by Crippen LogP contribution is 2.28. The van der Waals surface area contributed by atoms with Crippen LogP contribution >= 0.6 is 11.6 Å². The molecule has 1 amide bonds. The Balaban J connectivity index is 1.81. The molecule has 0 bridgehead atoms. The Morgan fingerprint density at radius 3 is 2.60 bits per heavy atom. The molecule has 1 aliphatic carbocycles. The van der Waals surface area contributed by atoms with Crippen molar-refractivity contribution in [2.24, 2.45) is 0 Å². The van der Waals surface area contributed by atoms with Crippen molar-refractivity contribution >= 4 is 17.5 Å². The largest absolute Gasteiger partial charge is 0.481 e. The second-order valence-electron chi connectivity index (χ2n) is 5.36. The molecule has 2 N–H and O–H groups in total. The molecule has 1 unspecified atom stereocenters. The zero-order valence-electron chi connectivity index (χ0n) is 11.6. The van der Waals surface area contributed by atoms with Crippen LogP contribution in [0, 0.1) is 0 Å². The van der Waals surface area contributed by atoms with Gasteiger partial charge in [0.2, 0.25) is 0 Å². The third-order valence-electron chi connectivity index (χ3n) is 3.62. The van der Waals surface area contributed by atoms with Gasteiger partial charge in [0.05, 0.1) is 5.60 Å². The van der Waals surface area contributed by atoms with Crippen LogP contribution in [0.15, 0.2) is 24.3 Å². The van der Waals surface area contributed by atoms with Gasteiger partial charge in [0.15, 0.2) is 6.10 Å². The van der Waals surface area contributed by atoms with Gasteiger partial charge in [0, 0.05) is 11.6 Å². The van der Waals surface area contributed by atoms with Crippen LogP contribution in [0.1, 0.15) is 32.6 Å². The van der Waals surface area contributed by atoms with E-state index in [4.69, 9.17) is 16.3 Å². The highest BCUT2D eigenvalue weighted by atomic mass is 35.5. The minimum atomic E-state index is -0.740. The van der Waals surface area contributed by atoms with E-state index in [0.717, 1.165) is 25.7 Å². The summed E-state index contributed by atoms with van der Waals surface area (Å²) in [7, 11) is 0.